The average Bonchev–Trinajstić information content (AvgIpc) is 2.67. The van der Waals surface area contributed by atoms with Gasteiger partial charge in [-0.15, -0.1) is 0 Å². The lowest BCUT2D eigenvalue weighted by atomic mass is 10.1. The van der Waals surface area contributed by atoms with Gasteiger partial charge in [0.15, 0.2) is 0 Å². The fourth-order valence-corrected chi connectivity index (χ4v) is 4.91. The van der Waals surface area contributed by atoms with Gasteiger partial charge in [0.05, 0.1) is 16.8 Å². The van der Waals surface area contributed by atoms with E-state index in [1.165, 1.54) is 30.0 Å². The van der Waals surface area contributed by atoms with Crippen LogP contribution < -0.4 is 14.8 Å². The van der Waals surface area contributed by atoms with Gasteiger partial charge in [-0.1, -0.05) is 24.3 Å². The molecule has 1 atom stereocenters. The molecule has 2 rings (SSSR count). The number of amides is 1. The van der Waals surface area contributed by atoms with Crippen molar-refractivity contribution >= 4 is 49.1 Å². The first-order valence-corrected chi connectivity index (χ1v) is 13.7. The van der Waals surface area contributed by atoms with Crippen molar-refractivity contribution in [3.05, 3.63) is 54.1 Å². The van der Waals surface area contributed by atoms with Crippen molar-refractivity contribution in [1.82, 2.24) is 4.72 Å². The SMILES string of the molecule is CSCCC(NS(=O)(=O)c1ccccc1)C(=O)Nc1ccc(C)c(NS(C)(=O)=O)c1. The number of rotatable bonds is 10. The van der Waals surface area contributed by atoms with Gasteiger partial charge in [0.25, 0.3) is 0 Å². The van der Waals surface area contributed by atoms with Gasteiger partial charge >= 0.3 is 0 Å². The second kappa shape index (κ2) is 10.3. The maximum atomic E-state index is 12.8. The first-order valence-electron chi connectivity index (χ1n) is 8.97. The number of benzene rings is 2. The van der Waals surface area contributed by atoms with Crippen molar-refractivity contribution in [3.8, 4) is 0 Å². The van der Waals surface area contributed by atoms with Crippen molar-refractivity contribution < 1.29 is 21.6 Å². The summed E-state index contributed by atoms with van der Waals surface area (Å²) in [5.74, 6) is 0.0437. The fraction of sp³-hybridized carbons (Fsp3) is 0.316. The van der Waals surface area contributed by atoms with Crippen LogP contribution in [0.25, 0.3) is 0 Å². The summed E-state index contributed by atoms with van der Waals surface area (Å²) in [6.07, 6.45) is 3.19. The molecule has 0 heterocycles. The van der Waals surface area contributed by atoms with E-state index in [0.717, 1.165) is 6.26 Å². The lowest BCUT2D eigenvalue weighted by Gasteiger charge is -2.19. The van der Waals surface area contributed by atoms with Crippen LogP contribution in [-0.2, 0) is 24.8 Å². The van der Waals surface area contributed by atoms with Crippen LogP contribution in [0.4, 0.5) is 11.4 Å². The van der Waals surface area contributed by atoms with E-state index in [2.05, 4.69) is 14.8 Å². The molecule has 0 saturated carbocycles. The summed E-state index contributed by atoms with van der Waals surface area (Å²) < 4.78 is 53.2. The van der Waals surface area contributed by atoms with E-state index in [-0.39, 0.29) is 4.90 Å². The van der Waals surface area contributed by atoms with E-state index >= 15 is 0 Å². The highest BCUT2D eigenvalue weighted by Gasteiger charge is 2.25. The smallest absolute Gasteiger partial charge is 0.242 e. The van der Waals surface area contributed by atoms with Crippen LogP contribution in [0, 0.1) is 6.92 Å². The molecule has 0 radical (unpaired) electrons. The molecule has 0 aliphatic carbocycles. The third-order valence-corrected chi connectivity index (χ3v) is 6.80. The minimum absolute atomic E-state index is 0.0712. The molecule has 0 saturated heterocycles. The molecule has 30 heavy (non-hydrogen) atoms. The molecule has 0 fully saturated rings. The van der Waals surface area contributed by atoms with Crippen LogP contribution in [0.2, 0.25) is 0 Å². The summed E-state index contributed by atoms with van der Waals surface area (Å²) in [6.45, 7) is 1.73. The van der Waals surface area contributed by atoms with Gasteiger partial charge in [0.2, 0.25) is 26.0 Å². The molecule has 2 aromatic carbocycles. The summed E-state index contributed by atoms with van der Waals surface area (Å²) in [5, 5.41) is 2.67. The summed E-state index contributed by atoms with van der Waals surface area (Å²) in [5.41, 5.74) is 1.37. The Morgan fingerprint density at radius 3 is 2.33 bits per heavy atom. The Balaban J connectivity index is 2.22. The van der Waals surface area contributed by atoms with E-state index in [4.69, 9.17) is 0 Å². The molecule has 1 amide bonds. The van der Waals surface area contributed by atoms with Crippen LogP contribution in [-0.4, -0.2) is 47.0 Å². The lowest BCUT2D eigenvalue weighted by molar-refractivity contribution is -0.117. The molecule has 3 N–H and O–H groups in total. The molecule has 0 aliphatic heterocycles. The van der Waals surface area contributed by atoms with Gasteiger partial charge in [-0.2, -0.15) is 16.5 Å². The minimum Gasteiger partial charge on any atom is -0.325 e. The van der Waals surface area contributed by atoms with Crippen LogP contribution in [0.15, 0.2) is 53.4 Å². The fourth-order valence-electron chi connectivity index (χ4n) is 2.57. The van der Waals surface area contributed by atoms with Crippen molar-refractivity contribution in [2.24, 2.45) is 0 Å². The highest BCUT2D eigenvalue weighted by atomic mass is 32.2. The van der Waals surface area contributed by atoms with Gasteiger partial charge in [0, 0.05) is 5.69 Å². The number of carbonyl (C=O) groups excluding carboxylic acids is 1. The zero-order valence-electron chi connectivity index (χ0n) is 16.9. The number of carbonyl (C=O) groups is 1. The van der Waals surface area contributed by atoms with Crippen molar-refractivity contribution in [1.29, 1.82) is 0 Å². The summed E-state index contributed by atoms with van der Waals surface area (Å²) in [6, 6.07) is 11.6. The number of aryl methyl sites for hydroxylation is 1. The highest BCUT2D eigenvalue weighted by molar-refractivity contribution is 7.98. The normalized spacial score (nSPS) is 12.9. The molecule has 8 nitrogen and oxygen atoms in total. The average molecular weight is 472 g/mol. The van der Waals surface area contributed by atoms with E-state index in [9.17, 15) is 21.6 Å². The van der Waals surface area contributed by atoms with Gasteiger partial charge in [-0.3, -0.25) is 9.52 Å². The van der Waals surface area contributed by atoms with Crippen LogP contribution >= 0.6 is 11.8 Å². The zero-order chi connectivity index (χ0) is 22.4. The predicted octanol–water partition coefficient (Wildman–Crippen LogP) is 2.41. The zero-order valence-corrected chi connectivity index (χ0v) is 19.3. The maximum Gasteiger partial charge on any atom is 0.242 e. The molecular weight excluding hydrogens is 446 g/mol. The quantitative estimate of drug-likeness (QED) is 0.489. The van der Waals surface area contributed by atoms with Gasteiger partial charge in [0.1, 0.15) is 6.04 Å². The summed E-state index contributed by atoms with van der Waals surface area (Å²) in [4.78, 5) is 12.9. The van der Waals surface area contributed by atoms with Crippen LogP contribution in [0.5, 0.6) is 0 Å². The standard InChI is InChI=1S/C19H25N3O5S3/c1-14-9-10-15(13-18(14)21-29(3,24)25)20-19(23)17(11-12-28-2)22-30(26,27)16-7-5-4-6-8-16/h4-10,13,17,21-22H,11-12H2,1-3H3,(H,20,23). The number of anilines is 2. The Bertz CT molecular complexity index is 1090. The van der Waals surface area contributed by atoms with Crippen molar-refractivity contribution in [2.75, 3.05) is 28.3 Å². The van der Waals surface area contributed by atoms with Crippen molar-refractivity contribution in [2.45, 2.75) is 24.3 Å². The van der Waals surface area contributed by atoms with E-state index in [0.29, 0.717) is 29.1 Å². The molecule has 0 bridgehead atoms. The molecule has 2 aromatic rings. The third-order valence-electron chi connectivity index (χ3n) is 4.08. The second-order valence-corrected chi connectivity index (χ2v) is 11.1. The molecule has 11 heteroatoms. The largest absolute Gasteiger partial charge is 0.325 e. The molecule has 0 aliphatic rings. The summed E-state index contributed by atoms with van der Waals surface area (Å²) >= 11 is 1.49. The van der Waals surface area contributed by atoms with E-state index < -0.39 is 32.0 Å². The molecule has 164 valence electrons. The Morgan fingerprint density at radius 1 is 1.07 bits per heavy atom. The number of thioether (sulfide) groups is 1. The Kier molecular flexibility index (Phi) is 8.30. The van der Waals surface area contributed by atoms with Crippen LogP contribution in [0.1, 0.15) is 12.0 Å². The number of sulfonamides is 2. The molecule has 0 aromatic heterocycles. The molecule has 1 unspecified atom stereocenters. The van der Waals surface area contributed by atoms with Gasteiger partial charge in [-0.25, -0.2) is 16.8 Å². The maximum absolute atomic E-state index is 12.8. The second-order valence-electron chi connectivity index (χ2n) is 6.66. The molecule has 0 spiro atoms. The minimum atomic E-state index is -3.88. The third kappa shape index (κ3) is 7.31. The topological polar surface area (TPSA) is 121 Å². The summed E-state index contributed by atoms with van der Waals surface area (Å²) in [7, 11) is -7.36. The monoisotopic (exact) mass is 471 g/mol. The molecular formula is C19H25N3O5S3. The predicted molar refractivity (Wildman–Crippen MR) is 122 cm³/mol. The number of nitrogens with one attached hydrogen (secondary N) is 3. The Hall–Kier alpha value is -2.08. The van der Waals surface area contributed by atoms with E-state index in [1.54, 1.807) is 37.3 Å². The van der Waals surface area contributed by atoms with E-state index in [1.807, 2.05) is 6.26 Å². The number of hydrogen-bond donors (Lipinski definition) is 3. The first kappa shape index (κ1) is 24.2. The first-order chi connectivity index (χ1) is 14.0. The van der Waals surface area contributed by atoms with Crippen LogP contribution in [0.3, 0.4) is 0 Å². The Morgan fingerprint density at radius 2 is 1.73 bits per heavy atom. The highest BCUT2D eigenvalue weighted by Crippen LogP contribution is 2.22. The van der Waals surface area contributed by atoms with Gasteiger partial charge < -0.3 is 5.32 Å². The lowest BCUT2D eigenvalue weighted by Crippen LogP contribution is -2.44. The number of hydrogen-bond acceptors (Lipinski definition) is 6. The van der Waals surface area contributed by atoms with Crippen molar-refractivity contribution in [3.63, 3.8) is 0 Å². The Labute approximate surface area is 181 Å². The van der Waals surface area contributed by atoms with Gasteiger partial charge in [-0.05, 0) is 55.2 Å².